The van der Waals surface area contributed by atoms with Crippen LogP contribution in [0.25, 0.3) is 22.6 Å². The van der Waals surface area contributed by atoms with E-state index in [1.54, 1.807) is 0 Å². The molecule has 2 N–H and O–H groups in total. The van der Waals surface area contributed by atoms with Gasteiger partial charge < -0.3 is 14.5 Å². The summed E-state index contributed by atoms with van der Waals surface area (Å²) in [4.78, 5) is 6.48. The molecule has 3 aromatic heterocycles. The molecule has 0 unspecified atom stereocenters. The summed E-state index contributed by atoms with van der Waals surface area (Å²) in [6, 6.07) is 10.2. The minimum absolute atomic E-state index is 0.944. The van der Waals surface area contributed by atoms with Gasteiger partial charge >= 0.3 is 0 Å². The van der Waals surface area contributed by atoms with Crippen LogP contribution in [0.5, 0.6) is 0 Å². The van der Waals surface area contributed by atoms with Crippen LogP contribution in [0, 0.1) is 0 Å². The fourth-order valence-electron chi connectivity index (χ4n) is 2.10. The summed E-state index contributed by atoms with van der Waals surface area (Å²) >= 11 is 4.49. The van der Waals surface area contributed by atoms with Crippen LogP contribution >= 0.6 is 12.6 Å². The number of rotatable bonds is 2. The van der Waals surface area contributed by atoms with Crippen LogP contribution in [0.3, 0.4) is 0 Å². The summed E-state index contributed by atoms with van der Waals surface area (Å²) in [5.74, 6) is 0. The molecule has 0 radical (unpaired) electrons. The first-order chi connectivity index (χ1) is 8.27. The largest absolute Gasteiger partial charge is 0.361 e. The predicted molar refractivity (Wildman–Crippen MR) is 72.2 cm³/mol. The minimum atomic E-state index is 0.944. The minimum Gasteiger partial charge on any atom is -0.361 e. The van der Waals surface area contributed by atoms with Crippen molar-refractivity contribution in [2.75, 3.05) is 0 Å². The molecule has 3 aromatic rings. The van der Waals surface area contributed by atoms with Crippen molar-refractivity contribution in [3.63, 3.8) is 0 Å². The van der Waals surface area contributed by atoms with E-state index in [9.17, 15) is 0 Å². The summed E-state index contributed by atoms with van der Waals surface area (Å²) in [7, 11) is 2.02. The van der Waals surface area contributed by atoms with Gasteiger partial charge in [0.25, 0.3) is 0 Å². The molecule has 86 valence electrons. The van der Waals surface area contributed by atoms with Gasteiger partial charge in [0.1, 0.15) is 0 Å². The van der Waals surface area contributed by atoms with E-state index in [0.29, 0.717) is 0 Å². The molecule has 0 amide bonds. The van der Waals surface area contributed by atoms with E-state index >= 15 is 0 Å². The summed E-state index contributed by atoms with van der Waals surface area (Å²) in [5.41, 5.74) is 4.50. The van der Waals surface area contributed by atoms with E-state index in [1.807, 2.05) is 31.6 Å². The lowest BCUT2D eigenvalue weighted by atomic mass is 10.1. The normalized spacial score (nSPS) is 10.9. The highest BCUT2D eigenvalue weighted by Crippen LogP contribution is 2.34. The van der Waals surface area contributed by atoms with Gasteiger partial charge in [0.15, 0.2) is 0 Å². The third-order valence-electron chi connectivity index (χ3n) is 2.95. The topological polar surface area (TPSA) is 36.5 Å². The van der Waals surface area contributed by atoms with Crippen molar-refractivity contribution in [1.82, 2.24) is 14.5 Å². The van der Waals surface area contributed by atoms with Gasteiger partial charge in [0.05, 0.1) is 16.4 Å². The molecule has 0 aliphatic heterocycles. The zero-order valence-electron chi connectivity index (χ0n) is 9.44. The highest BCUT2D eigenvalue weighted by molar-refractivity contribution is 7.80. The van der Waals surface area contributed by atoms with Crippen LogP contribution in [0.2, 0.25) is 0 Å². The molecule has 0 saturated heterocycles. The van der Waals surface area contributed by atoms with Crippen molar-refractivity contribution in [3.05, 3.63) is 42.7 Å². The van der Waals surface area contributed by atoms with Crippen LogP contribution < -0.4 is 0 Å². The van der Waals surface area contributed by atoms with E-state index < -0.39 is 0 Å². The maximum atomic E-state index is 4.49. The zero-order chi connectivity index (χ0) is 11.8. The highest BCUT2D eigenvalue weighted by Gasteiger charge is 2.15. The number of thiol groups is 1. The molecule has 0 atom stereocenters. The fraction of sp³-hybridized carbons (Fsp3) is 0.0769. The number of H-pyrrole nitrogens is 2. The van der Waals surface area contributed by atoms with Gasteiger partial charge in [-0.1, -0.05) is 0 Å². The molecule has 3 nitrogen and oxygen atoms in total. The molecule has 0 aromatic carbocycles. The number of hydrogen-bond acceptors (Lipinski definition) is 1. The number of aromatic nitrogens is 3. The molecular weight excluding hydrogens is 230 g/mol. The summed E-state index contributed by atoms with van der Waals surface area (Å²) < 4.78 is 2.07. The Labute approximate surface area is 105 Å². The third-order valence-corrected chi connectivity index (χ3v) is 3.38. The second-order valence-electron chi connectivity index (χ2n) is 3.99. The Bertz CT molecular complexity index is 618. The molecule has 0 aliphatic rings. The maximum Gasteiger partial charge on any atom is 0.0746 e. The lowest BCUT2D eigenvalue weighted by Crippen LogP contribution is -1.93. The Kier molecular flexibility index (Phi) is 2.37. The van der Waals surface area contributed by atoms with Gasteiger partial charge in [-0.2, -0.15) is 0 Å². The van der Waals surface area contributed by atoms with Gasteiger partial charge in [0, 0.05) is 30.7 Å². The van der Waals surface area contributed by atoms with Gasteiger partial charge in [0.2, 0.25) is 0 Å². The molecule has 0 fully saturated rings. The summed E-state index contributed by atoms with van der Waals surface area (Å²) in [5, 5.41) is 0.944. The first-order valence-corrected chi connectivity index (χ1v) is 5.88. The van der Waals surface area contributed by atoms with Crippen molar-refractivity contribution < 1.29 is 0 Å². The maximum absolute atomic E-state index is 4.49. The average Bonchev–Trinajstić information content (AvgIpc) is 3.01. The zero-order valence-corrected chi connectivity index (χ0v) is 10.3. The summed E-state index contributed by atoms with van der Waals surface area (Å²) in [6.07, 6.45) is 3.86. The first kappa shape index (κ1) is 10.4. The van der Waals surface area contributed by atoms with E-state index in [2.05, 4.69) is 45.4 Å². The lowest BCUT2D eigenvalue weighted by molar-refractivity contribution is 0.838. The monoisotopic (exact) mass is 243 g/mol. The Morgan fingerprint density at radius 2 is 1.71 bits per heavy atom. The van der Waals surface area contributed by atoms with Crippen molar-refractivity contribution in [2.45, 2.75) is 5.03 Å². The molecule has 0 spiro atoms. The van der Waals surface area contributed by atoms with Crippen molar-refractivity contribution >= 4 is 12.6 Å². The molecule has 3 rings (SSSR count). The van der Waals surface area contributed by atoms with Crippen molar-refractivity contribution in [3.8, 4) is 22.6 Å². The first-order valence-electron chi connectivity index (χ1n) is 5.43. The van der Waals surface area contributed by atoms with Crippen molar-refractivity contribution in [2.24, 2.45) is 7.05 Å². The fourth-order valence-corrected chi connectivity index (χ4v) is 2.33. The van der Waals surface area contributed by atoms with E-state index in [4.69, 9.17) is 0 Å². The Morgan fingerprint density at radius 1 is 1.06 bits per heavy atom. The van der Waals surface area contributed by atoms with E-state index in [1.165, 1.54) is 0 Å². The predicted octanol–water partition coefficient (Wildman–Crippen LogP) is 3.30. The number of aromatic amines is 2. The molecule has 0 saturated carbocycles. The smallest absolute Gasteiger partial charge is 0.0746 e. The molecule has 0 bridgehead atoms. The van der Waals surface area contributed by atoms with Crippen molar-refractivity contribution in [1.29, 1.82) is 0 Å². The van der Waals surface area contributed by atoms with Gasteiger partial charge in [-0.25, -0.2) is 0 Å². The van der Waals surface area contributed by atoms with Crippen LogP contribution in [-0.4, -0.2) is 14.5 Å². The van der Waals surface area contributed by atoms with Gasteiger partial charge in [-0.05, 0) is 30.3 Å². The SMILES string of the molecule is Cn1c(S)cc(-c2ccc[nH]2)c1-c1ccc[nH]1. The number of hydrogen-bond donors (Lipinski definition) is 3. The van der Waals surface area contributed by atoms with Crippen LogP contribution in [-0.2, 0) is 7.05 Å². The van der Waals surface area contributed by atoms with Gasteiger partial charge in [-0.15, -0.1) is 12.6 Å². The standard InChI is InChI=1S/C13H13N3S/c1-16-12(17)8-9(10-4-2-6-14-10)13(16)11-5-3-7-15-11/h2-8,14-15,17H,1H3. The third kappa shape index (κ3) is 1.61. The molecule has 3 heterocycles. The molecule has 17 heavy (non-hydrogen) atoms. The number of nitrogens with zero attached hydrogens (tertiary/aromatic N) is 1. The highest BCUT2D eigenvalue weighted by atomic mass is 32.1. The van der Waals surface area contributed by atoms with Gasteiger partial charge in [-0.3, -0.25) is 0 Å². The van der Waals surface area contributed by atoms with E-state index in [-0.39, 0.29) is 0 Å². The quantitative estimate of drug-likeness (QED) is 0.578. The second-order valence-corrected chi connectivity index (χ2v) is 4.45. The summed E-state index contributed by atoms with van der Waals surface area (Å²) in [6.45, 7) is 0. The number of nitrogens with one attached hydrogen (secondary N) is 2. The Balaban J connectivity index is 2.26. The molecular formula is C13H13N3S. The molecule has 4 heteroatoms. The average molecular weight is 243 g/mol. The van der Waals surface area contributed by atoms with Crippen LogP contribution in [0.4, 0.5) is 0 Å². The Morgan fingerprint density at radius 3 is 2.29 bits per heavy atom. The Hall–Kier alpha value is -1.81. The van der Waals surface area contributed by atoms with E-state index in [0.717, 1.165) is 27.7 Å². The van der Waals surface area contributed by atoms with Crippen LogP contribution in [0.15, 0.2) is 47.8 Å². The van der Waals surface area contributed by atoms with Crippen LogP contribution in [0.1, 0.15) is 0 Å². The second kappa shape index (κ2) is 3.89. The lowest BCUT2D eigenvalue weighted by Gasteiger charge is -2.05. The molecule has 0 aliphatic carbocycles.